The van der Waals surface area contributed by atoms with Gasteiger partial charge in [-0.25, -0.2) is 0 Å². The molecule has 0 spiro atoms. The minimum atomic E-state index is -0.139. The van der Waals surface area contributed by atoms with Gasteiger partial charge >= 0.3 is 0 Å². The van der Waals surface area contributed by atoms with Crippen molar-refractivity contribution in [2.45, 2.75) is 25.7 Å². The van der Waals surface area contributed by atoms with E-state index in [0.717, 1.165) is 17.9 Å². The molecule has 2 aromatic rings. The molecule has 1 atom stereocenters. The van der Waals surface area contributed by atoms with Crippen LogP contribution in [-0.2, 0) is 11.8 Å². The molecule has 0 aromatic heterocycles. The van der Waals surface area contributed by atoms with Gasteiger partial charge in [-0.3, -0.25) is 0 Å². The van der Waals surface area contributed by atoms with Crippen LogP contribution < -0.4 is 15.2 Å². The van der Waals surface area contributed by atoms with Crippen molar-refractivity contribution in [3.8, 4) is 11.5 Å². The highest BCUT2D eigenvalue weighted by molar-refractivity contribution is 5.39. The summed E-state index contributed by atoms with van der Waals surface area (Å²) in [5, 5.41) is 0. The van der Waals surface area contributed by atoms with E-state index < -0.39 is 0 Å². The summed E-state index contributed by atoms with van der Waals surface area (Å²) in [5.41, 5.74) is 8.37. The second kappa shape index (κ2) is 7.32. The predicted molar refractivity (Wildman–Crippen MR) is 90.7 cm³/mol. The second-order valence-corrected chi connectivity index (χ2v) is 5.71. The number of methoxy groups -OCH3 is 1. The fraction of sp³-hybridized carbons (Fsp3) is 0.368. The molecule has 0 heterocycles. The van der Waals surface area contributed by atoms with E-state index in [2.05, 4.69) is 25.1 Å². The average Bonchev–Trinajstić information content (AvgIpc) is 2.57. The van der Waals surface area contributed by atoms with E-state index in [1.807, 2.05) is 37.3 Å². The average molecular weight is 299 g/mol. The molecule has 0 saturated heterocycles. The Balaban J connectivity index is 2.30. The van der Waals surface area contributed by atoms with Crippen molar-refractivity contribution in [3.63, 3.8) is 0 Å². The summed E-state index contributed by atoms with van der Waals surface area (Å²) in [6.45, 7) is 5.43. The number of hydrogen-bond acceptors (Lipinski definition) is 3. The van der Waals surface area contributed by atoms with Crippen LogP contribution in [0, 0.1) is 0 Å². The van der Waals surface area contributed by atoms with Gasteiger partial charge < -0.3 is 15.2 Å². The molecule has 0 fully saturated rings. The van der Waals surface area contributed by atoms with Crippen LogP contribution in [0.1, 0.15) is 25.0 Å². The second-order valence-electron chi connectivity index (χ2n) is 5.71. The van der Waals surface area contributed by atoms with E-state index in [-0.39, 0.29) is 5.41 Å². The van der Waals surface area contributed by atoms with Gasteiger partial charge in [0.25, 0.3) is 0 Å². The highest BCUT2D eigenvalue weighted by Gasteiger charge is 2.26. The van der Waals surface area contributed by atoms with E-state index in [4.69, 9.17) is 15.2 Å². The lowest BCUT2D eigenvalue weighted by Gasteiger charge is -2.29. The highest BCUT2D eigenvalue weighted by atomic mass is 16.5. The van der Waals surface area contributed by atoms with Crippen molar-refractivity contribution >= 4 is 0 Å². The number of hydrogen-bond donors (Lipinski definition) is 1. The Labute approximate surface area is 133 Å². The molecule has 1 unspecified atom stereocenters. The molecule has 118 valence electrons. The molecule has 0 radical (unpaired) electrons. The zero-order valence-corrected chi connectivity index (χ0v) is 13.6. The molecule has 0 amide bonds. The van der Waals surface area contributed by atoms with Gasteiger partial charge in [-0.05, 0) is 42.7 Å². The first kappa shape index (κ1) is 16.4. The van der Waals surface area contributed by atoms with Gasteiger partial charge in [-0.2, -0.15) is 0 Å². The molecule has 0 aliphatic rings. The molecule has 0 aliphatic heterocycles. The highest BCUT2D eigenvalue weighted by Crippen LogP contribution is 2.32. The fourth-order valence-corrected chi connectivity index (χ4v) is 2.65. The molecule has 22 heavy (non-hydrogen) atoms. The van der Waals surface area contributed by atoms with Gasteiger partial charge in [0.05, 0.1) is 13.7 Å². The minimum absolute atomic E-state index is 0.139. The third-order valence-electron chi connectivity index (χ3n) is 4.09. The Kier molecular flexibility index (Phi) is 5.45. The summed E-state index contributed by atoms with van der Waals surface area (Å²) in [5.74, 6) is 1.80. The predicted octanol–water partition coefficient (Wildman–Crippen LogP) is 3.55. The van der Waals surface area contributed by atoms with Crippen LogP contribution in [0.3, 0.4) is 0 Å². The summed E-state index contributed by atoms with van der Waals surface area (Å²) in [6.07, 6.45) is 0.839. The zero-order valence-electron chi connectivity index (χ0n) is 13.6. The number of benzene rings is 2. The van der Waals surface area contributed by atoms with Crippen LogP contribution in [0.5, 0.6) is 11.5 Å². The number of para-hydroxylation sites is 1. The van der Waals surface area contributed by atoms with Crippen LogP contribution in [0.25, 0.3) is 0 Å². The molecular formula is C19H25NO2. The lowest BCUT2D eigenvalue weighted by molar-refractivity contribution is 0.332. The first-order valence-corrected chi connectivity index (χ1v) is 7.68. The van der Waals surface area contributed by atoms with Gasteiger partial charge in [0.1, 0.15) is 11.5 Å². The fourth-order valence-electron chi connectivity index (χ4n) is 2.65. The molecule has 3 nitrogen and oxygen atoms in total. The molecule has 3 heteroatoms. The van der Waals surface area contributed by atoms with Crippen LogP contribution in [0.4, 0.5) is 0 Å². The van der Waals surface area contributed by atoms with Crippen molar-refractivity contribution in [1.82, 2.24) is 0 Å². The van der Waals surface area contributed by atoms with Crippen molar-refractivity contribution in [2.24, 2.45) is 5.73 Å². The normalized spacial score (nSPS) is 13.5. The van der Waals surface area contributed by atoms with Crippen molar-refractivity contribution in [3.05, 3.63) is 59.7 Å². The summed E-state index contributed by atoms with van der Waals surface area (Å²) in [6, 6.07) is 16.3. The van der Waals surface area contributed by atoms with Gasteiger partial charge in [-0.1, -0.05) is 37.3 Å². The Morgan fingerprint density at radius 1 is 1.05 bits per heavy atom. The molecule has 0 saturated carbocycles. The van der Waals surface area contributed by atoms with E-state index in [0.29, 0.717) is 13.2 Å². The van der Waals surface area contributed by atoms with Gasteiger partial charge in [0, 0.05) is 12.0 Å². The Morgan fingerprint density at radius 3 is 2.32 bits per heavy atom. The topological polar surface area (TPSA) is 44.5 Å². The van der Waals surface area contributed by atoms with Gasteiger partial charge in [0.15, 0.2) is 0 Å². The SMILES string of the molecule is CCOc1ccccc1CC(C)(CN)c1ccc(OC)cc1. The maximum atomic E-state index is 6.11. The number of nitrogens with two attached hydrogens (primary N) is 1. The first-order valence-electron chi connectivity index (χ1n) is 7.68. The first-order chi connectivity index (χ1) is 10.6. The van der Waals surface area contributed by atoms with Crippen molar-refractivity contribution < 1.29 is 9.47 Å². The third kappa shape index (κ3) is 3.60. The molecule has 0 bridgehead atoms. The lowest BCUT2D eigenvalue weighted by atomic mass is 9.77. The zero-order chi connectivity index (χ0) is 16.0. The monoisotopic (exact) mass is 299 g/mol. The Morgan fingerprint density at radius 2 is 1.73 bits per heavy atom. The van der Waals surface area contributed by atoms with Crippen molar-refractivity contribution in [2.75, 3.05) is 20.3 Å². The summed E-state index contributed by atoms with van der Waals surface area (Å²) >= 11 is 0. The van der Waals surface area contributed by atoms with Crippen LogP contribution in [0.15, 0.2) is 48.5 Å². The summed E-state index contributed by atoms with van der Waals surface area (Å²) in [7, 11) is 1.68. The van der Waals surface area contributed by atoms with Gasteiger partial charge in [-0.15, -0.1) is 0 Å². The number of ether oxygens (including phenoxy) is 2. The van der Waals surface area contributed by atoms with E-state index in [9.17, 15) is 0 Å². The van der Waals surface area contributed by atoms with E-state index in [1.165, 1.54) is 11.1 Å². The van der Waals surface area contributed by atoms with Crippen LogP contribution >= 0.6 is 0 Å². The smallest absolute Gasteiger partial charge is 0.122 e. The Hall–Kier alpha value is -2.00. The van der Waals surface area contributed by atoms with Crippen LogP contribution in [0.2, 0.25) is 0 Å². The van der Waals surface area contributed by atoms with E-state index >= 15 is 0 Å². The molecule has 2 rings (SSSR count). The standard InChI is InChI=1S/C19H25NO2/c1-4-22-18-8-6-5-7-15(18)13-19(2,14-20)16-9-11-17(21-3)12-10-16/h5-12H,4,13-14,20H2,1-3H3. The Bertz CT molecular complexity index is 595. The summed E-state index contributed by atoms with van der Waals surface area (Å²) < 4.78 is 11.0. The van der Waals surface area contributed by atoms with Crippen molar-refractivity contribution in [1.29, 1.82) is 0 Å². The van der Waals surface area contributed by atoms with Crippen LogP contribution in [-0.4, -0.2) is 20.3 Å². The molecular weight excluding hydrogens is 274 g/mol. The maximum Gasteiger partial charge on any atom is 0.122 e. The quantitative estimate of drug-likeness (QED) is 0.850. The lowest BCUT2D eigenvalue weighted by Crippen LogP contribution is -2.34. The third-order valence-corrected chi connectivity index (χ3v) is 4.09. The molecule has 2 N–H and O–H groups in total. The maximum absolute atomic E-state index is 6.11. The van der Waals surface area contributed by atoms with Gasteiger partial charge in [0.2, 0.25) is 0 Å². The molecule has 2 aromatic carbocycles. The van der Waals surface area contributed by atoms with E-state index in [1.54, 1.807) is 7.11 Å². The molecule has 0 aliphatic carbocycles. The minimum Gasteiger partial charge on any atom is -0.497 e. The number of rotatable bonds is 7. The summed E-state index contributed by atoms with van der Waals surface area (Å²) in [4.78, 5) is 0. The largest absolute Gasteiger partial charge is 0.497 e.